The van der Waals surface area contributed by atoms with Crippen molar-refractivity contribution in [1.82, 2.24) is 4.90 Å². The highest BCUT2D eigenvalue weighted by atomic mass is 79.9. The Kier molecular flexibility index (Phi) is 6.74. The average molecular weight is 437 g/mol. The van der Waals surface area contributed by atoms with E-state index >= 15 is 0 Å². The van der Waals surface area contributed by atoms with Crippen molar-refractivity contribution in [3.63, 3.8) is 0 Å². The summed E-state index contributed by atoms with van der Waals surface area (Å²) < 4.78 is 1.01. The van der Waals surface area contributed by atoms with Gasteiger partial charge in [0.2, 0.25) is 5.91 Å². The summed E-state index contributed by atoms with van der Waals surface area (Å²) in [6.45, 7) is 0.856. The highest BCUT2D eigenvalue weighted by molar-refractivity contribution is 9.10. The van der Waals surface area contributed by atoms with Crippen molar-refractivity contribution >= 4 is 33.3 Å². The number of ketones is 1. The van der Waals surface area contributed by atoms with Crippen molar-refractivity contribution < 1.29 is 9.59 Å². The Hall–Kier alpha value is -2.76. The second kappa shape index (κ2) is 9.44. The van der Waals surface area contributed by atoms with Crippen LogP contribution in [0.4, 0.5) is 5.69 Å². The van der Waals surface area contributed by atoms with E-state index in [2.05, 4.69) is 21.2 Å². The van der Waals surface area contributed by atoms with Gasteiger partial charge in [0.1, 0.15) is 0 Å². The minimum absolute atomic E-state index is 0.113. The third kappa shape index (κ3) is 5.15. The first-order chi connectivity index (χ1) is 13.5. The van der Waals surface area contributed by atoms with E-state index in [1.54, 1.807) is 30.3 Å². The van der Waals surface area contributed by atoms with Gasteiger partial charge >= 0.3 is 0 Å². The molecule has 0 bridgehead atoms. The van der Waals surface area contributed by atoms with E-state index in [-0.39, 0.29) is 18.2 Å². The third-order valence-corrected chi connectivity index (χ3v) is 5.07. The summed E-state index contributed by atoms with van der Waals surface area (Å²) in [6.07, 6.45) is 0. The Bertz CT molecular complexity index is 973. The number of anilines is 1. The van der Waals surface area contributed by atoms with Crippen LogP contribution >= 0.6 is 15.9 Å². The summed E-state index contributed by atoms with van der Waals surface area (Å²) in [5.41, 5.74) is 2.71. The summed E-state index contributed by atoms with van der Waals surface area (Å²) in [5.74, 6) is -0.277. The van der Waals surface area contributed by atoms with Crippen LogP contribution in [0.2, 0.25) is 0 Å². The lowest BCUT2D eigenvalue weighted by Gasteiger charge is -2.18. The van der Waals surface area contributed by atoms with Crippen LogP contribution in [0, 0.1) is 0 Å². The number of carbonyl (C=O) groups is 2. The van der Waals surface area contributed by atoms with E-state index < -0.39 is 0 Å². The van der Waals surface area contributed by atoms with Crippen LogP contribution in [0.25, 0.3) is 0 Å². The molecule has 142 valence electrons. The predicted molar refractivity (Wildman–Crippen MR) is 115 cm³/mol. The van der Waals surface area contributed by atoms with Gasteiger partial charge in [-0.15, -0.1) is 0 Å². The fraction of sp³-hybridized carbons (Fsp3) is 0.130. The molecular formula is C23H21BrN2O2. The number of para-hydroxylation sites is 1. The van der Waals surface area contributed by atoms with Gasteiger partial charge in [0.15, 0.2) is 5.78 Å². The molecule has 0 aromatic heterocycles. The van der Waals surface area contributed by atoms with Crippen LogP contribution in [-0.4, -0.2) is 30.2 Å². The molecule has 4 nitrogen and oxygen atoms in total. The Morgan fingerprint density at radius 2 is 1.54 bits per heavy atom. The minimum atomic E-state index is -0.164. The molecule has 0 saturated heterocycles. The second-order valence-electron chi connectivity index (χ2n) is 6.55. The molecule has 3 aromatic rings. The molecule has 3 rings (SSSR count). The fourth-order valence-corrected chi connectivity index (χ4v) is 3.35. The van der Waals surface area contributed by atoms with Gasteiger partial charge in [0.25, 0.3) is 0 Å². The summed E-state index contributed by atoms with van der Waals surface area (Å²) in [4.78, 5) is 27.2. The molecule has 1 amide bonds. The van der Waals surface area contributed by atoms with Gasteiger partial charge in [-0.2, -0.15) is 0 Å². The number of benzene rings is 3. The third-order valence-electron chi connectivity index (χ3n) is 4.29. The van der Waals surface area contributed by atoms with Gasteiger partial charge in [-0.1, -0.05) is 76.6 Å². The zero-order valence-corrected chi connectivity index (χ0v) is 17.1. The molecule has 0 atom stereocenters. The molecule has 0 aliphatic carbocycles. The SMILES string of the molecule is CN(CC(=O)Nc1ccccc1C(=O)c1ccccc1)Cc1ccccc1Br. The molecular weight excluding hydrogens is 416 g/mol. The Labute approximate surface area is 173 Å². The average Bonchev–Trinajstić information content (AvgIpc) is 2.70. The molecule has 0 unspecified atom stereocenters. The normalized spacial score (nSPS) is 10.7. The van der Waals surface area contributed by atoms with Gasteiger partial charge in [-0.3, -0.25) is 14.5 Å². The number of nitrogens with zero attached hydrogens (tertiary/aromatic N) is 1. The number of halogens is 1. The first-order valence-electron chi connectivity index (χ1n) is 8.95. The molecule has 0 spiro atoms. The number of hydrogen-bond donors (Lipinski definition) is 1. The van der Waals surface area contributed by atoms with Crippen LogP contribution in [-0.2, 0) is 11.3 Å². The fourth-order valence-electron chi connectivity index (χ4n) is 2.94. The Morgan fingerprint density at radius 1 is 0.893 bits per heavy atom. The smallest absolute Gasteiger partial charge is 0.238 e. The second-order valence-corrected chi connectivity index (χ2v) is 7.41. The first kappa shape index (κ1) is 20.0. The van der Waals surface area contributed by atoms with E-state index in [0.717, 1.165) is 10.0 Å². The molecule has 5 heteroatoms. The monoisotopic (exact) mass is 436 g/mol. The van der Waals surface area contributed by atoms with E-state index in [4.69, 9.17) is 0 Å². The molecule has 0 aliphatic heterocycles. The van der Waals surface area contributed by atoms with Crippen molar-refractivity contribution in [1.29, 1.82) is 0 Å². The quantitative estimate of drug-likeness (QED) is 0.543. The minimum Gasteiger partial charge on any atom is -0.324 e. The number of carbonyl (C=O) groups excluding carboxylic acids is 2. The summed E-state index contributed by atoms with van der Waals surface area (Å²) in [5, 5.41) is 2.88. The molecule has 0 fully saturated rings. The van der Waals surface area contributed by atoms with Crippen molar-refractivity contribution in [3.8, 4) is 0 Å². The lowest BCUT2D eigenvalue weighted by molar-refractivity contribution is -0.117. The molecule has 0 saturated carbocycles. The zero-order valence-electron chi connectivity index (χ0n) is 15.6. The maximum atomic E-state index is 12.8. The molecule has 28 heavy (non-hydrogen) atoms. The van der Waals surface area contributed by atoms with Crippen molar-refractivity contribution in [2.24, 2.45) is 0 Å². The standard InChI is InChI=1S/C23H21BrN2O2/c1-26(15-18-11-5-7-13-20(18)24)16-22(27)25-21-14-8-6-12-19(21)23(28)17-9-3-2-4-10-17/h2-14H,15-16H2,1H3,(H,25,27). The van der Waals surface area contributed by atoms with E-state index in [0.29, 0.717) is 23.4 Å². The molecule has 0 heterocycles. The molecule has 1 N–H and O–H groups in total. The lowest BCUT2D eigenvalue weighted by Crippen LogP contribution is -2.30. The van der Waals surface area contributed by atoms with Crippen molar-refractivity contribution in [3.05, 3.63) is 100 Å². The van der Waals surface area contributed by atoms with E-state index in [1.165, 1.54) is 0 Å². The molecule has 3 aromatic carbocycles. The van der Waals surface area contributed by atoms with Gasteiger partial charge in [0.05, 0.1) is 12.2 Å². The molecule has 0 aliphatic rings. The Morgan fingerprint density at radius 3 is 2.29 bits per heavy atom. The van der Waals surface area contributed by atoms with Gasteiger partial charge in [0, 0.05) is 22.1 Å². The number of rotatable bonds is 7. The number of hydrogen-bond acceptors (Lipinski definition) is 3. The highest BCUT2D eigenvalue weighted by Crippen LogP contribution is 2.20. The van der Waals surface area contributed by atoms with Gasteiger partial charge < -0.3 is 5.32 Å². The van der Waals surface area contributed by atoms with E-state index in [1.807, 2.05) is 60.5 Å². The van der Waals surface area contributed by atoms with Crippen LogP contribution in [0.1, 0.15) is 21.5 Å². The molecule has 0 radical (unpaired) electrons. The van der Waals surface area contributed by atoms with Gasteiger partial charge in [-0.05, 0) is 30.8 Å². The number of nitrogens with one attached hydrogen (secondary N) is 1. The predicted octanol–water partition coefficient (Wildman–Crippen LogP) is 4.75. The topological polar surface area (TPSA) is 49.4 Å². The Balaban J connectivity index is 1.68. The van der Waals surface area contributed by atoms with Crippen LogP contribution in [0.15, 0.2) is 83.3 Å². The maximum absolute atomic E-state index is 12.8. The van der Waals surface area contributed by atoms with E-state index in [9.17, 15) is 9.59 Å². The number of amides is 1. The number of likely N-dealkylation sites (N-methyl/N-ethyl adjacent to an activating group) is 1. The van der Waals surface area contributed by atoms with Crippen molar-refractivity contribution in [2.75, 3.05) is 18.9 Å². The van der Waals surface area contributed by atoms with Crippen LogP contribution in [0.3, 0.4) is 0 Å². The van der Waals surface area contributed by atoms with Crippen LogP contribution < -0.4 is 5.32 Å². The lowest BCUT2D eigenvalue weighted by atomic mass is 10.0. The first-order valence-corrected chi connectivity index (χ1v) is 9.74. The summed E-state index contributed by atoms with van der Waals surface area (Å²) in [6, 6.07) is 24.1. The summed E-state index contributed by atoms with van der Waals surface area (Å²) >= 11 is 3.53. The summed E-state index contributed by atoms with van der Waals surface area (Å²) in [7, 11) is 1.89. The van der Waals surface area contributed by atoms with Gasteiger partial charge in [-0.25, -0.2) is 0 Å². The largest absolute Gasteiger partial charge is 0.324 e. The maximum Gasteiger partial charge on any atom is 0.238 e. The van der Waals surface area contributed by atoms with Crippen molar-refractivity contribution in [2.45, 2.75) is 6.54 Å². The zero-order chi connectivity index (χ0) is 19.9. The highest BCUT2D eigenvalue weighted by Gasteiger charge is 2.15. The van der Waals surface area contributed by atoms with Crippen LogP contribution in [0.5, 0.6) is 0 Å².